The largest absolute Gasteiger partial charge is 0.433 e. The van der Waals surface area contributed by atoms with Crippen molar-refractivity contribution in [2.45, 2.75) is 19.8 Å². The number of nitro groups is 1. The Bertz CT molecular complexity index is 1070. The third-order valence-electron chi connectivity index (χ3n) is 5.29. The number of carbonyl (C=O) groups is 1. The van der Waals surface area contributed by atoms with Crippen molar-refractivity contribution in [1.29, 1.82) is 0 Å². The van der Waals surface area contributed by atoms with Crippen molar-refractivity contribution in [2.24, 2.45) is 0 Å². The maximum absolute atomic E-state index is 13.2. The number of ether oxygens (including phenoxy) is 1. The number of thiazole rings is 1. The number of rotatable bonds is 8. The van der Waals surface area contributed by atoms with Crippen molar-refractivity contribution in [2.75, 3.05) is 44.3 Å². The molecule has 2 aromatic heterocycles. The number of fused-ring (bicyclic) bond motifs is 1. The minimum Gasteiger partial charge on any atom is -0.395 e. The number of anilines is 1. The van der Waals surface area contributed by atoms with Gasteiger partial charge in [-0.05, 0) is 30.5 Å². The molecule has 0 saturated carbocycles. The molecule has 0 radical (unpaired) electrons. The highest BCUT2D eigenvalue weighted by Gasteiger charge is 2.26. The lowest BCUT2D eigenvalue weighted by Crippen LogP contribution is -2.39. The van der Waals surface area contributed by atoms with Crippen LogP contribution in [0, 0.1) is 10.1 Å². The number of morpholine rings is 1. The molecule has 0 aliphatic carbocycles. The summed E-state index contributed by atoms with van der Waals surface area (Å²) >= 11 is 1.44. The van der Waals surface area contributed by atoms with Gasteiger partial charge in [-0.3, -0.25) is 24.7 Å². The van der Waals surface area contributed by atoms with Crippen molar-refractivity contribution >= 4 is 38.5 Å². The summed E-state index contributed by atoms with van der Waals surface area (Å²) in [6.07, 6.45) is 1.58. The number of hydrogen-bond donors (Lipinski definition) is 0. The molecule has 1 fully saturated rings. The Morgan fingerprint density at radius 3 is 2.81 bits per heavy atom. The van der Waals surface area contributed by atoms with Gasteiger partial charge in [0, 0.05) is 26.2 Å². The average molecular weight is 445 g/mol. The summed E-state index contributed by atoms with van der Waals surface area (Å²) in [5.74, 6) is -0.936. The Kier molecular flexibility index (Phi) is 6.59. The number of para-hydroxylation sites is 1. The first kappa shape index (κ1) is 21.4. The summed E-state index contributed by atoms with van der Waals surface area (Å²) in [5, 5.41) is 11.5. The summed E-state index contributed by atoms with van der Waals surface area (Å²) in [6, 6.07) is 8.56. The van der Waals surface area contributed by atoms with E-state index in [-0.39, 0.29) is 5.76 Å². The third kappa shape index (κ3) is 4.76. The quantitative estimate of drug-likeness (QED) is 0.385. The molecule has 0 N–H and O–H groups in total. The molecular weight excluding hydrogens is 420 g/mol. The normalized spacial score (nSPS) is 14.7. The van der Waals surface area contributed by atoms with Crippen LogP contribution < -0.4 is 4.90 Å². The molecule has 3 heterocycles. The highest BCUT2D eigenvalue weighted by Crippen LogP contribution is 2.32. The van der Waals surface area contributed by atoms with E-state index in [1.807, 2.05) is 18.2 Å². The van der Waals surface area contributed by atoms with Gasteiger partial charge < -0.3 is 9.15 Å². The Morgan fingerprint density at radius 1 is 1.29 bits per heavy atom. The molecule has 4 rings (SSSR count). The monoisotopic (exact) mass is 444 g/mol. The van der Waals surface area contributed by atoms with Crippen LogP contribution in [-0.2, 0) is 11.2 Å². The number of amides is 1. The van der Waals surface area contributed by atoms with Gasteiger partial charge >= 0.3 is 5.88 Å². The number of carbonyl (C=O) groups excluding carboxylic acids is 1. The van der Waals surface area contributed by atoms with Crippen LogP contribution in [0.2, 0.25) is 0 Å². The first-order valence-electron chi connectivity index (χ1n) is 10.3. The van der Waals surface area contributed by atoms with E-state index >= 15 is 0 Å². The van der Waals surface area contributed by atoms with Gasteiger partial charge in [0.25, 0.3) is 5.91 Å². The number of nitrogens with zero attached hydrogens (tertiary/aromatic N) is 4. The molecular formula is C21H24N4O5S. The van der Waals surface area contributed by atoms with Crippen LogP contribution >= 0.6 is 11.3 Å². The van der Waals surface area contributed by atoms with Crippen molar-refractivity contribution in [3.8, 4) is 0 Å². The van der Waals surface area contributed by atoms with Crippen LogP contribution in [0.15, 0.2) is 34.7 Å². The molecule has 164 valence electrons. The van der Waals surface area contributed by atoms with Gasteiger partial charge in [-0.25, -0.2) is 4.98 Å². The van der Waals surface area contributed by atoms with E-state index in [0.717, 1.165) is 61.5 Å². The van der Waals surface area contributed by atoms with E-state index in [9.17, 15) is 14.9 Å². The highest BCUT2D eigenvalue weighted by atomic mass is 32.1. The molecule has 9 nitrogen and oxygen atoms in total. The van der Waals surface area contributed by atoms with Gasteiger partial charge in [-0.15, -0.1) is 0 Å². The summed E-state index contributed by atoms with van der Waals surface area (Å²) in [6.45, 7) is 6.52. The van der Waals surface area contributed by atoms with Crippen LogP contribution in [0.5, 0.6) is 0 Å². The molecule has 1 saturated heterocycles. The van der Waals surface area contributed by atoms with Crippen LogP contribution in [0.25, 0.3) is 10.2 Å². The van der Waals surface area contributed by atoms with Crippen LogP contribution in [0.4, 0.5) is 11.0 Å². The van der Waals surface area contributed by atoms with E-state index < -0.39 is 16.7 Å². The van der Waals surface area contributed by atoms with E-state index in [1.165, 1.54) is 23.5 Å². The zero-order chi connectivity index (χ0) is 21.8. The van der Waals surface area contributed by atoms with Gasteiger partial charge in [-0.2, -0.15) is 0 Å². The fourth-order valence-electron chi connectivity index (χ4n) is 3.63. The number of aromatic nitrogens is 1. The maximum Gasteiger partial charge on any atom is 0.433 e. The van der Waals surface area contributed by atoms with Gasteiger partial charge in [0.15, 0.2) is 10.9 Å². The highest BCUT2D eigenvalue weighted by molar-refractivity contribution is 7.22. The fourth-order valence-corrected chi connectivity index (χ4v) is 4.67. The molecule has 31 heavy (non-hydrogen) atoms. The maximum atomic E-state index is 13.2. The Balaban J connectivity index is 1.59. The van der Waals surface area contributed by atoms with Gasteiger partial charge in [-0.1, -0.05) is 30.4 Å². The molecule has 0 unspecified atom stereocenters. The third-order valence-corrected chi connectivity index (χ3v) is 6.33. The second-order valence-corrected chi connectivity index (χ2v) is 8.28. The minimum absolute atomic E-state index is 0.0620. The standard InChI is InChI=1S/C21H24N4O5S/c1-2-15-5-3-6-17-19(15)22-21(31-17)24(10-4-9-23-11-13-29-14-12-23)20(26)16-7-8-18(30-16)25(27)28/h3,5-8H,2,4,9-14H2,1H3. The zero-order valence-electron chi connectivity index (χ0n) is 17.3. The fraction of sp³-hybridized carbons (Fsp3) is 0.429. The van der Waals surface area contributed by atoms with E-state index in [2.05, 4.69) is 11.8 Å². The van der Waals surface area contributed by atoms with E-state index in [0.29, 0.717) is 11.7 Å². The second-order valence-electron chi connectivity index (χ2n) is 7.27. The van der Waals surface area contributed by atoms with E-state index in [4.69, 9.17) is 14.1 Å². The molecule has 1 aliphatic heterocycles. The first-order chi connectivity index (χ1) is 15.1. The number of furan rings is 1. The number of benzene rings is 1. The lowest BCUT2D eigenvalue weighted by molar-refractivity contribution is -0.402. The smallest absolute Gasteiger partial charge is 0.395 e. The van der Waals surface area contributed by atoms with Crippen molar-refractivity contribution in [3.63, 3.8) is 0 Å². The Hall–Kier alpha value is -2.82. The summed E-state index contributed by atoms with van der Waals surface area (Å²) in [5.41, 5.74) is 2.01. The Labute approximate surface area is 183 Å². The van der Waals surface area contributed by atoms with E-state index in [1.54, 1.807) is 4.90 Å². The van der Waals surface area contributed by atoms with Crippen molar-refractivity contribution in [3.05, 3.63) is 51.8 Å². The topological polar surface area (TPSA) is 102 Å². The number of hydrogen-bond acceptors (Lipinski definition) is 8. The SMILES string of the molecule is CCc1cccc2sc(N(CCCN3CCOCC3)C(=O)c3ccc([N+](=O)[O-])o3)nc12. The molecule has 1 aliphatic rings. The van der Waals surface area contributed by atoms with Crippen LogP contribution in [0.3, 0.4) is 0 Å². The minimum atomic E-state index is -0.648. The predicted octanol–water partition coefficient (Wildman–Crippen LogP) is 3.73. The lowest BCUT2D eigenvalue weighted by atomic mass is 10.1. The summed E-state index contributed by atoms with van der Waals surface area (Å²) in [7, 11) is 0. The molecule has 1 aromatic carbocycles. The van der Waals surface area contributed by atoms with Gasteiger partial charge in [0.05, 0.1) is 29.5 Å². The lowest BCUT2D eigenvalue weighted by Gasteiger charge is -2.27. The second kappa shape index (κ2) is 9.54. The summed E-state index contributed by atoms with van der Waals surface area (Å²) < 4.78 is 11.6. The number of aryl methyl sites for hydroxylation is 1. The van der Waals surface area contributed by atoms with Crippen LogP contribution in [0.1, 0.15) is 29.5 Å². The molecule has 3 aromatic rings. The predicted molar refractivity (Wildman–Crippen MR) is 118 cm³/mol. The van der Waals surface area contributed by atoms with Crippen molar-refractivity contribution < 1.29 is 18.9 Å². The molecule has 0 atom stereocenters. The summed E-state index contributed by atoms with van der Waals surface area (Å²) in [4.78, 5) is 32.2. The molecule has 10 heteroatoms. The average Bonchev–Trinajstić information content (AvgIpc) is 3.44. The zero-order valence-corrected chi connectivity index (χ0v) is 18.1. The van der Waals surface area contributed by atoms with Crippen molar-refractivity contribution in [1.82, 2.24) is 9.88 Å². The van der Waals surface area contributed by atoms with Gasteiger partial charge in [0.1, 0.15) is 4.92 Å². The van der Waals surface area contributed by atoms with Crippen LogP contribution in [-0.4, -0.2) is 60.1 Å². The van der Waals surface area contributed by atoms with Gasteiger partial charge in [0.2, 0.25) is 0 Å². The molecule has 1 amide bonds. The Morgan fingerprint density at radius 2 is 2.10 bits per heavy atom. The first-order valence-corrected chi connectivity index (χ1v) is 11.1. The molecule has 0 spiro atoms. The molecule has 0 bridgehead atoms.